The molecule has 0 unspecified atom stereocenters. The number of nitrogens with zero attached hydrogens (tertiary/aromatic N) is 3. The second-order valence-electron chi connectivity index (χ2n) is 8.95. The molecule has 3 aromatic rings. The zero-order valence-electron chi connectivity index (χ0n) is 20.1. The van der Waals surface area contributed by atoms with E-state index < -0.39 is 10.0 Å². The van der Waals surface area contributed by atoms with Gasteiger partial charge < -0.3 is 10.2 Å². The zero-order chi connectivity index (χ0) is 24.8. The molecule has 0 spiro atoms. The van der Waals surface area contributed by atoms with E-state index in [1.54, 1.807) is 24.3 Å². The van der Waals surface area contributed by atoms with Crippen molar-refractivity contribution >= 4 is 33.1 Å². The molecule has 1 aromatic heterocycles. The van der Waals surface area contributed by atoms with E-state index in [9.17, 15) is 13.2 Å². The number of rotatable bonds is 8. The number of piperidine rings is 1. The highest BCUT2D eigenvalue weighted by atomic mass is 32.2. The number of anilines is 3. The lowest BCUT2D eigenvalue weighted by Crippen LogP contribution is -2.33. The van der Waals surface area contributed by atoms with Crippen LogP contribution in [-0.4, -0.2) is 37.6 Å². The second-order valence-corrected chi connectivity index (χ2v) is 10.6. The van der Waals surface area contributed by atoms with Crippen molar-refractivity contribution in [2.24, 2.45) is 5.92 Å². The minimum absolute atomic E-state index is 0.0956. The van der Waals surface area contributed by atoms with Gasteiger partial charge in [0.1, 0.15) is 0 Å². The van der Waals surface area contributed by atoms with E-state index in [-0.39, 0.29) is 10.8 Å². The highest BCUT2D eigenvalue weighted by Gasteiger charge is 2.18. The van der Waals surface area contributed by atoms with Crippen LogP contribution >= 0.6 is 0 Å². The van der Waals surface area contributed by atoms with Crippen LogP contribution in [0.4, 0.5) is 17.2 Å². The molecule has 1 aliphatic rings. The smallest absolute Gasteiger partial charge is 0.261 e. The number of benzene rings is 2. The summed E-state index contributed by atoms with van der Waals surface area (Å²) in [7, 11) is -3.76. The normalized spacial score (nSPS) is 14.5. The number of hydrogen-bond donors (Lipinski definition) is 2. The van der Waals surface area contributed by atoms with Gasteiger partial charge in [-0.05, 0) is 73.7 Å². The fourth-order valence-corrected chi connectivity index (χ4v) is 5.04. The standard InChI is InChI=1S/C26H31N5O3S/c1-3-4-26(32)27-21-9-11-23(12-10-21)35(33,34)30-22-7-5-20(6-8-22)24-13-14-25(29-28-24)31-17-15-19(2)16-18-31/h5-14,19,30H,3-4,15-18H2,1-2H3,(H,27,32). The average molecular weight is 494 g/mol. The fraction of sp³-hybridized carbons (Fsp3) is 0.346. The van der Waals surface area contributed by atoms with Crippen molar-refractivity contribution in [3.8, 4) is 11.3 Å². The van der Waals surface area contributed by atoms with Gasteiger partial charge in [0.25, 0.3) is 10.0 Å². The van der Waals surface area contributed by atoms with Crippen LogP contribution in [0.5, 0.6) is 0 Å². The van der Waals surface area contributed by atoms with Crippen LogP contribution in [0.1, 0.15) is 39.5 Å². The highest BCUT2D eigenvalue weighted by molar-refractivity contribution is 7.92. The van der Waals surface area contributed by atoms with Crippen molar-refractivity contribution in [3.05, 3.63) is 60.7 Å². The minimum Gasteiger partial charge on any atom is -0.355 e. The predicted molar refractivity (Wildman–Crippen MR) is 139 cm³/mol. The van der Waals surface area contributed by atoms with Gasteiger partial charge in [-0.25, -0.2) is 8.42 Å². The first kappa shape index (κ1) is 24.7. The lowest BCUT2D eigenvalue weighted by atomic mass is 9.99. The number of carbonyl (C=O) groups excluding carboxylic acids is 1. The van der Waals surface area contributed by atoms with Gasteiger partial charge in [0.15, 0.2) is 5.82 Å². The maximum Gasteiger partial charge on any atom is 0.261 e. The Hall–Kier alpha value is -3.46. The number of hydrogen-bond acceptors (Lipinski definition) is 6. The van der Waals surface area contributed by atoms with E-state index in [4.69, 9.17) is 0 Å². The van der Waals surface area contributed by atoms with Gasteiger partial charge in [-0.1, -0.05) is 26.0 Å². The maximum atomic E-state index is 12.8. The topological polar surface area (TPSA) is 104 Å². The molecule has 8 nitrogen and oxygen atoms in total. The second kappa shape index (κ2) is 10.9. The third-order valence-corrected chi connectivity index (χ3v) is 7.51. The molecule has 1 saturated heterocycles. The molecule has 1 fully saturated rings. The van der Waals surface area contributed by atoms with E-state index in [0.717, 1.165) is 42.5 Å². The maximum absolute atomic E-state index is 12.8. The summed E-state index contributed by atoms with van der Waals surface area (Å²) in [5.74, 6) is 1.55. The van der Waals surface area contributed by atoms with Gasteiger partial charge in [0.05, 0.1) is 10.6 Å². The SMILES string of the molecule is CCCC(=O)Nc1ccc(S(=O)(=O)Nc2ccc(-c3ccc(N4CCC(C)CC4)nn3)cc2)cc1. The van der Waals surface area contributed by atoms with Crippen LogP contribution in [0.15, 0.2) is 65.6 Å². The largest absolute Gasteiger partial charge is 0.355 e. The van der Waals surface area contributed by atoms with Crippen LogP contribution in [-0.2, 0) is 14.8 Å². The zero-order valence-corrected chi connectivity index (χ0v) is 20.9. The Balaban J connectivity index is 1.39. The number of sulfonamides is 1. The molecule has 9 heteroatoms. The molecule has 0 atom stereocenters. The van der Waals surface area contributed by atoms with Gasteiger partial charge >= 0.3 is 0 Å². The summed E-state index contributed by atoms with van der Waals surface area (Å²) in [4.78, 5) is 14.1. The van der Waals surface area contributed by atoms with Crippen molar-refractivity contribution in [3.63, 3.8) is 0 Å². The molecule has 2 heterocycles. The Bertz CT molecular complexity index is 1240. The summed E-state index contributed by atoms with van der Waals surface area (Å²) in [5.41, 5.74) is 2.59. The Morgan fingerprint density at radius 2 is 1.60 bits per heavy atom. The third-order valence-electron chi connectivity index (χ3n) is 6.12. The first-order chi connectivity index (χ1) is 16.8. The molecular formula is C26H31N5O3S. The number of carbonyl (C=O) groups is 1. The summed E-state index contributed by atoms with van der Waals surface area (Å²) in [5, 5.41) is 11.5. The molecule has 2 N–H and O–H groups in total. The van der Waals surface area contributed by atoms with Gasteiger partial charge in [0, 0.05) is 36.4 Å². The van der Waals surface area contributed by atoms with E-state index in [1.165, 1.54) is 25.0 Å². The quantitative estimate of drug-likeness (QED) is 0.462. The molecule has 1 aliphatic heterocycles. The summed E-state index contributed by atoms with van der Waals surface area (Å²) in [6, 6.07) is 17.1. The van der Waals surface area contributed by atoms with E-state index >= 15 is 0 Å². The van der Waals surface area contributed by atoms with E-state index in [1.807, 2.05) is 31.2 Å². The van der Waals surface area contributed by atoms with Crippen LogP contribution in [0, 0.1) is 5.92 Å². The molecule has 0 bridgehead atoms. The first-order valence-electron chi connectivity index (χ1n) is 12.0. The Kier molecular flexibility index (Phi) is 7.65. The summed E-state index contributed by atoms with van der Waals surface area (Å²) in [6.07, 6.45) is 3.50. The summed E-state index contributed by atoms with van der Waals surface area (Å²) in [6.45, 7) is 6.20. The van der Waals surface area contributed by atoms with E-state index in [0.29, 0.717) is 17.8 Å². The Morgan fingerprint density at radius 1 is 0.943 bits per heavy atom. The summed E-state index contributed by atoms with van der Waals surface area (Å²) >= 11 is 0. The highest BCUT2D eigenvalue weighted by Crippen LogP contribution is 2.25. The molecule has 0 saturated carbocycles. The van der Waals surface area contributed by atoms with Crippen LogP contribution < -0.4 is 14.9 Å². The van der Waals surface area contributed by atoms with E-state index in [2.05, 4.69) is 32.1 Å². The minimum atomic E-state index is -3.76. The van der Waals surface area contributed by atoms with Crippen molar-refractivity contribution in [2.75, 3.05) is 28.0 Å². The van der Waals surface area contributed by atoms with Crippen LogP contribution in [0.3, 0.4) is 0 Å². The lowest BCUT2D eigenvalue weighted by Gasteiger charge is -2.30. The molecule has 1 amide bonds. The molecule has 4 rings (SSSR count). The predicted octanol–water partition coefficient (Wildman–Crippen LogP) is 4.92. The van der Waals surface area contributed by atoms with Crippen LogP contribution in [0.25, 0.3) is 11.3 Å². The van der Waals surface area contributed by atoms with Crippen molar-refractivity contribution in [2.45, 2.75) is 44.4 Å². The van der Waals surface area contributed by atoms with Gasteiger partial charge in [-0.15, -0.1) is 10.2 Å². The molecule has 0 radical (unpaired) electrons. The van der Waals surface area contributed by atoms with Gasteiger partial charge in [0.2, 0.25) is 5.91 Å². The number of nitrogens with one attached hydrogen (secondary N) is 2. The lowest BCUT2D eigenvalue weighted by molar-refractivity contribution is -0.116. The van der Waals surface area contributed by atoms with Gasteiger partial charge in [-0.2, -0.15) is 0 Å². The average Bonchev–Trinajstić information content (AvgIpc) is 2.85. The van der Waals surface area contributed by atoms with Crippen LogP contribution in [0.2, 0.25) is 0 Å². The molecule has 184 valence electrons. The Labute approximate surface area is 206 Å². The molecular weight excluding hydrogens is 462 g/mol. The third kappa shape index (κ3) is 6.36. The van der Waals surface area contributed by atoms with Crippen molar-refractivity contribution in [1.82, 2.24) is 10.2 Å². The first-order valence-corrected chi connectivity index (χ1v) is 13.4. The number of amides is 1. The molecule has 35 heavy (non-hydrogen) atoms. The molecule has 0 aliphatic carbocycles. The van der Waals surface area contributed by atoms with Crippen molar-refractivity contribution in [1.29, 1.82) is 0 Å². The molecule has 2 aromatic carbocycles. The summed E-state index contributed by atoms with van der Waals surface area (Å²) < 4.78 is 28.1. The number of aromatic nitrogens is 2. The van der Waals surface area contributed by atoms with Gasteiger partial charge in [-0.3, -0.25) is 9.52 Å². The monoisotopic (exact) mass is 493 g/mol. The van der Waals surface area contributed by atoms with Crippen molar-refractivity contribution < 1.29 is 13.2 Å². The Morgan fingerprint density at radius 3 is 2.20 bits per heavy atom. The fourth-order valence-electron chi connectivity index (χ4n) is 3.98.